The molecule has 3 aliphatic heterocycles. The molecule has 0 bridgehead atoms. The van der Waals surface area contributed by atoms with Gasteiger partial charge in [0.2, 0.25) is 11.8 Å². The summed E-state index contributed by atoms with van der Waals surface area (Å²) in [5.41, 5.74) is 1.85. The van der Waals surface area contributed by atoms with E-state index in [1.807, 2.05) is 6.07 Å². The normalized spacial score (nSPS) is 23.3. The minimum absolute atomic E-state index is 0.0263. The van der Waals surface area contributed by atoms with Crippen molar-refractivity contribution in [3.8, 4) is 0 Å². The molecule has 3 amide bonds. The summed E-state index contributed by atoms with van der Waals surface area (Å²) in [7, 11) is 0. The summed E-state index contributed by atoms with van der Waals surface area (Å²) in [6.45, 7) is 1.38. The third kappa shape index (κ3) is 4.53. The lowest BCUT2D eigenvalue weighted by Gasteiger charge is -2.29. The molecule has 2 fully saturated rings. The number of fused-ring (bicyclic) bond motifs is 1. The summed E-state index contributed by atoms with van der Waals surface area (Å²) < 4.78 is 37.7. The molecule has 1 unspecified atom stereocenters. The second kappa shape index (κ2) is 9.52. The first kappa shape index (κ1) is 20.1. The third-order valence-electron chi connectivity index (χ3n) is 6.36. The second-order valence-electron chi connectivity index (χ2n) is 8.65. The van der Waals surface area contributed by atoms with Gasteiger partial charge < -0.3 is 15.0 Å². The van der Waals surface area contributed by atoms with Crippen LogP contribution in [0.4, 0.5) is 10.1 Å². The van der Waals surface area contributed by atoms with Crippen molar-refractivity contribution in [1.29, 1.82) is 0 Å². The van der Waals surface area contributed by atoms with E-state index in [2.05, 4.69) is 15.5 Å². The maximum Gasteiger partial charge on any atom is 0.255 e. The molecule has 178 valence electrons. The molecule has 2 N–H and O–H groups in total. The number of carbonyl (C=O) groups excluding carboxylic acids is 3. The first-order valence-corrected chi connectivity index (χ1v) is 11.4. The highest BCUT2D eigenvalue weighted by atomic mass is 19.1. The molecule has 2 aromatic carbocycles. The summed E-state index contributed by atoms with van der Waals surface area (Å²) in [6.07, 6.45) is 0.0766. The monoisotopic (exact) mass is 468 g/mol. The van der Waals surface area contributed by atoms with Crippen molar-refractivity contribution >= 4 is 23.4 Å². The number of hydrogen-bond donors (Lipinski definition) is 2. The fourth-order valence-electron chi connectivity index (χ4n) is 4.49. The Morgan fingerprint density at radius 2 is 2.00 bits per heavy atom. The van der Waals surface area contributed by atoms with Crippen molar-refractivity contribution in [3.63, 3.8) is 0 Å². The molecular weight excluding hydrogens is 439 g/mol. The molecule has 0 aliphatic carbocycles. The van der Waals surface area contributed by atoms with Crippen LogP contribution in [0.5, 0.6) is 0 Å². The van der Waals surface area contributed by atoms with Crippen LogP contribution in [-0.2, 0) is 33.9 Å². The van der Waals surface area contributed by atoms with E-state index in [-0.39, 0.29) is 36.3 Å². The number of imide groups is 1. The maximum absolute atomic E-state index is 14.9. The molecular formula is C25H27FN4O4. The molecule has 8 nitrogen and oxygen atoms in total. The van der Waals surface area contributed by atoms with E-state index < -0.39 is 30.3 Å². The number of morpholine rings is 1. The van der Waals surface area contributed by atoms with E-state index in [9.17, 15) is 18.8 Å². The maximum atomic E-state index is 14.9. The lowest BCUT2D eigenvalue weighted by atomic mass is 10.0. The molecule has 2 aromatic rings. The molecule has 5 rings (SSSR count). The summed E-state index contributed by atoms with van der Waals surface area (Å²) in [4.78, 5) is 40.2. The van der Waals surface area contributed by atoms with Gasteiger partial charge in [0, 0.05) is 61.5 Å². The summed E-state index contributed by atoms with van der Waals surface area (Å²) in [5.74, 6) is -2.12. The number of hydrogen-bond acceptors (Lipinski definition) is 6. The number of halogens is 1. The summed E-state index contributed by atoms with van der Waals surface area (Å²) >= 11 is 0. The van der Waals surface area contributed by atoms with Gasteiger partial charge in [0.1, 0.15) is 11.9 Å². The van der Waals surface area contributed by atoms with Gasteiger partial charge in [0.25, 0.3) is 5.91 Å². The van der Waals surface area contributed by atoms with Crippen molar-refractivity contribution in [2.24, 2.45) is 0 Å². The predicted molar refractivity (Wildman–Crippen MR) is 122 cm³/mol. The quantitative estimate of drug-likeness (QED) is 0.631. The number of nitrogens with one attached hydrogen (secondary N) is 2. The molecule has 0 saturated carbocycles. The summed E-state index contributed by atoms with van der Waals surface area (Å²) in [5, 5.41) is 5.26. The minimum atomic E-state index is -2.29. The Hall–Kier alpha value is -3.30. The van der Waals surface area contributed by atoms with Crippen LogP contribution in [0.15, 0.2) is 36.4 Å². The first-order chi connectivity index (χ1) is 17.3. The highest BCUT2D eigenvalue weighted by molar-refractivity contribution is 6.06. The van der Waals surface area contributed by atoms with E-state index in [1.165, 1.54) is 12.1 Å². The summed E-state index contributed by atoms with van der Waals surface area (Å²) in [6, 6.07) is 8.74. The Morgan fingerprint density at radius 3 is 2.76 bits per heavy atom. The van der Waals surface area contributed by atoms with Crippen molar-refractivity contribution in [2.45, 2.75) is 38.5 Å². The van der Waals surface area contributed by atoms with E-state index in [0.717, 1.165) is 23.6 Å². The number of benzene rings is 2. The van der Waals surface area contributed by atoms with Crippen LogP contribution in [0.2, 0.25) is 0 Å². The largest absolute Gasteiger partial charge is 0.381 e. The topological polar surface area (TPSA) is 91.0 Å². The number of carbonyl (C=O) groups is 3. The smallest absolute Gasteiger partial charge is 0.255 e. The number of amides is 3. The standard InChI is InChI=1S/C25H27FN4O4/c26-20-12-16(14-29-8-10-34-11-9-29)4-5-17(20)13-27-21-3-1-2-18-19(21)15-30(25(18)33)22-6-7-23(31)28-24(22)32/h1-5,12,22,27H,6-11,13-15H2,(H,28,31,32)/i15D2. The molecule has 1 atom stereocenters. The van der Waals surface area contributed by atoms with E-state index >= 15 is 0 Å². The van der Waals surface area contributed by atoms with Crippen molar-refractivity contribution in [2.75, 3.05) is 31.6 Å². The molecule has 3 aliphatic rings. The lowest BCUT2D eigenvalue weighted by Crippen LogP contribution is -2.52. The minimum Gasteiger partial charge on any atom is -0.381 e. The molecule has 0 aromatic heterocycles. The van der Waals surface area contributed by atoms with Gasteiger partial charge in [0.15, 0.2) is 0 Å². The van der Waals surface area contributed by atoms with E-state index in [4.69, 9.17) is 7.48 Å². The number of anilines is 1. The highest BCUT2D eigenvalue weighted by Crippen LogP contribution is 2.32. The average molecular weight is 469 g/mol. The second-order valence-corrected chi connectivity index (χ2v) is 8.65. The SMILES string of the molecule is [2H]C1([2H])c2c(NCc3ccc(CN4CCOCC4)cc3F)cccc2C(=O)N1C1CCC(=O)NC1=O. The van der Waals surface area contributed by atoms with Crippen LogP contribution in [0.1, 0.15) is 42.6 Å². The van der Waals surface area contributed by atoms with E-state index in [0.29, 0.717) is 31.0 Å². The van der Waals surface area contributed by atoms with Gasteiger partial charge in [0.05, 0.1) is 16.0 Å². The Bertz CT molecular complexity index is 1220. The van der Waals surface area contributed by atoms with Crippen molar-refractivity contribution in [1.82, 2.24) is 15.1 Å². The van der Waals surface area contributed by atoms with Gasteiger partial charge in [-0.1, -0.05) is 18.2 Å². The number of rotatable bonds is 6. The van der Waals surface area contributed by atoms with Gasteiger partial charge in [-0.3, -0.25) is 24.6 Å². The Morgan fingerprint density at radius 1 is 1.18 bits per heavy atom. The Labute approximate surface area is 199 Å². The third-order valence-corrected chi connectivity index (χ3v) is 6.36. The molecule has 0 spiro atoms. The van der Waals surface area contributed by atoms with Gasteiger partial charge in [-0.05, 0) is 30.2 Å². The molecule has 9 heteroatoms. The molecule has 34 heavy (non-hydrogen) atoms. The first-order valence-electron chi connectivity index (χ1n) is 12.4. The Kier molecular flexibility index (Phi) is 5.63. The van der Waals surface area contributed by atoms with E-state index in [1.54, 1.807) is 18.2 Å². The zero-order chi connectivity index (χ0) is 25.4. The fourth-order valence-corrected chi connectivity index (χ4v) is 4.49. The van der Waals surface area contributed by atoms with Gasteiger partial charge in [-0.15, -0.1) is 0 Å². The molecule has 0 radical (unpaired) electrons. The van der Waals surface area contributed by atoms with Crippen LogP contribution in [0.25, 0.3) is 0 Å². The predicted octanol–water partition coefficient (Wildman–Crippen LogP) is 2.03. The van der Waals surface area contributed by atoms with Crippen LogP contribution >= 0.6 is 0 Å². The Balaban J connectivity index is 1.33. The van der Waals surface area contributed by atoms with Crippen LogP contribution in [0, 0.1) is 5.82 Å². The number of piperidine rings is 1. The molecule has 2 saturated heterocycles. The van der Waals surface area contributed by atoms with Crippen LogP contribution in [0.3, 0.4) is 0 Å². The van der Waals surface area contributed by atoms with Crippen molar-refractivity contribution < 1.29 is 26.3 Å². The van der Waals surface area contributed by atoms with Crippen LogP contribution in [-0.4, -0.2) is 59.9 Å². The zero-order valence-electron chi connectivity index (χ0n) is 20.6. The zero-order valence-corrected chi connectivity index (χ0v) is 18.6. The highest BCUT2D eigenvalue weighted by Gasteiger charge is 2.39. The number of ether oxygens (including phenoxy) is 1. The fraction of sp³-hybridized carbons (Fsp3) is 0.400. The number of nitrogens with zero attached hydrogens (tertiary/aromatic N) is 2. The van der Waals surface area contributed by atoms with Gasteiger partial charge in [-0.2, -0.15) is 0 Å². The molecule has 3 heterocycles. The van der Waals surface area contributed by atoms with Gasteiger partial charge in [-0.25, -0.2) is 4.39 Å². The van der Waals surface area contributed by atoms with Crippen molar-refractivity contribution in [3.05, 3.63) is 64.5 Å². The lowest BCUT2D eigenvalue weighted by molar-refractivity contribution is -0.136. The van der Waals surface area contributed by atoms with Gasteiger partial charge >= 0.3 is 0 Å². The average Bonchev–Trinajstić information content (AvgIpc) is 3.05. The van der Waals surface area contributed by atoms with Crippen LogP contribution < -0.4 is 10.6 Å².